The van der Waals surface area contributed by atoms with Crippen molar-refractivity contribution in [2.75, 3.05) is 34.4 Å². The number of likely N-dealkylation sites (tertiary alicyclic amines) is 1. The summed E-state index contributed by atoms with van der Waals surface area (Å²) in [7, 11) is 5.06. The Labute approximate surface area is 164 Å². The van der Waals surface area contributed by atoms with Crippen LogP contribution in [0.1, 0.15) is 52.9 Å². The van der Waals surface area contributed by atoms with E-state index < -0.39 is 0 Å². The van der Waals surface area contributed by atoms with Gasteiger partial charge in [0.1, 0.15) is 0 Å². The van der Waals surface area contributed by atoms with Crippen LogP contribution in [-0.4, -0.2) is 80.3 Å². The molecule has 1 aliphatic rings. The van der Waals surface area contributed by atoms with Gasteiger partial charge in [-0.15, -0.1) is 0 Å². The van der Waals surface area contributed by atoms with E-state index in [1.54, 1.807) is 26.2 Å². The van der Waals surface area contributed by atoms with Gasteiger partial charge in [0.05, 0.1) is 37.3 Å². The minimum absolute atomic E-state index is 0.0328. The molecule has 158 valence electrons. The topological polar surface area (TPSA) is 85.1 Å². The molecule has 1 heterocycles. The molecule has 0 aromatic heterocycles. The second kappa shape index (κ2) is 11.6. The highest BCUT2D eigenvalue weighted by Gasteiger charge is 2.38. The van der Waals surface area contributed by atoms with E-state index in [1.807, 2.05) is 4.90 Å². The summed E-state index contributed by atoms with van der Waals surface area (Å²) >= 11 is 0. The summed E-state index contributed by atoms with van der Waals surface area (Å²) in [6.45, 7) is 7.02. The number of methoxy groups -OCH3 is 2. The van der Waals surface area contributed by atoms with Crippen LogP contribution < -0.4 is 5.73 Å². The third kappa shape index (κ3) is 6.16. The minimum Gasteiger partial charge on any atom is -0.379 e. The molecule has 0 radical (unpaired) electrons. The molecule has 1 aliphatic heterocycles. The highest BCUT2D eigenvalue weighted by atomic mass is 16.5. The average molecular weight is 386 g/mol. The fourth-order valence-corrected chi connectivity index (χ4v) is 4.24. The maximum absolute atomic E-state index is 13.1. The van der Waals surface area contributed by atoms with Gasteiger partial charge in [-0.05, 0) is 25.2 Å². The molecule has 0 aromatic carbocycles. The number of ether oxygens (including phenoxy) is 2. The Morgan fingerprint density at radius 1 is 1.26 bits per heavy atom. The van der Waals surface area contributed by atoms with Crippen LogP contribution in [-0.2, 0) is 19.1 Å². The van der Waals surface area contributed by atoms with Crippen LogP contribution in [0.3, 0.4) is 0 Å². The van der Waals surface area contributed by atoms with E-state index in [1.165, 1.54) is 0 Å². The second-order valence-corrected chi connectivity index (χ2v) is 7.78. The first kappa shape index (κ1) is 23.9. The summed E-state index contributed by atoms with van der Waals surface area (Å²) in [5.41, 5.74) is 5.52. The summed E-state index contributed by atoms with van der Waals surface area (Å²) in [6, 6.07) is -0.0580. The molecule has 1 rings (SSSR count). The van der Waals surface area contributed by atoms with Gasteiger partial charge in [0, 0.05) is 27.8 Å². The van der Waals surface area contributed by atoms with E-state index in [9.17, 15) is 9.59 Å². The van der Waals surface area contributed by atoms with E-state index in [2.05, 4.69) is 20.8 Å². The Bertz CT molecular complexity index is 472. The normalized spacial score (nSPS) is 20.6. The molecule has 2 amide bonds. The monoisotopic (exact) mass is 385 g/mol. The highest BCUT2D eigenvalue weighted by Crippen LogP contribution is 2.27. The molecular weight excluding hydrogens is 346 g/mol. The molecule has 4 unspecified atom stereocenters. The first-order valence-corrected chi connectivity index (χ1v) is 10.1. The maximum atomic E-state index is 13.1. The van der Waals surface area contributed by atoms with Crippen LogP contribution in [0.2, 0.25) is 0 Å². The predicted octanol–water partition coefficient (Wildman–Crippen LogP) is 1.64. The molecule has 0 aliphatic carbocycles. The molecule has 0 spiro atoms. The molecule has 7 nitrogen and oxygen atoms in total. The van der Waals surface area contributed by atoms with Crippen molar-refractivity contribution in [3.8, 4) is 0 Å². The molecule has 27 heavy (non-hydrogen) atoms. The van der Waals surface area contributed by atoms with Crippen LogP contribution >= 0.6 is 0 Å². The average Bonchev–Trinajstić information content (AvgIpc) is 3.12. The Balaban J connectivity index is 2.90. The number of hydrogen-bond donors (Lipinski definition) is 1. The molecule has 7 heteroatoms. The van der Waals surface area contributed by atoms with Gasteiger partial charge >= 0.3 is 0 Å². The molecule has 2 N–H and O–H groups in total. The van der Waals surface area contributed by atoms with Gasteiger partial charge in [0.25, 0.3) is 0 Å². The number of hydrogen-bond acceptors (Lipinski definition) is 5. The molecular formula is C20H39N3O4. The van der Waals surface area contributed by atoms with Gasteiger partial charge in [0.2, 0.25) is 11.8 Å². The smallest absolute Gasteiger partial charge is 0.236 e. The van der Waals surface area contributed by atoms with Crippen molar-refractivity contribution in [1.82, 2.24) is 9.80 Å². The Morgan fingerprint density at radius 2 is 1.93 bits per heavy atom. The van der Waals surface area contributed by atoms with Crippen molar-refractivity contribution >= 4 is 11.8 Å². The van der Waals surface area contributed by atoms with E-state index in [4.69, 9.17) is 15.2 Å². The first-order chi connectivity index (χ1) is 12.8. The van der Waals surface area contributed by atoms with E-state index in [0.29, 0.717) is 5.92 Å². The van der Waals surface area contributed by atoms with Crippen molar-refractivity contribution < 1.29 is 19.1 Å². The van der Waals surface area contributed by atoms with Crippen molar-refractivity contribution in [3.63, 3.8) is 0 Å². The van der Waals surface area contributed by atoms with E-state index in [0.717, 1.165) is 32.2 Å². The fourth-order valence-electron chi connectivity index (χ4n) is 4.24. The number of carbonyl (C=O) groups excluding carboxylic acids is 2. The lowest BCUT2D eigenvalue weighted by Crippen LogP contribution is -2.51. The largest absolute Gasteiger partial charge is 0.379 e. The van der Waals surface area contributed by atoms with Gasteiger partial charge in [-0.1, -0.05) is 27.2 Å². The number of nitrogens with two attached hydrogens (primary N) is 1. The zero-order valence-corrected chi connectivity index (χ0v) is 17.9. The standard InChI is InChI=1S/C20H39N3O4/c1-7-9-15(22(4)19(25)13-21)17(26-5)12-18(24)23-11-8-10-16(23)20(27-6)14(2)3/h14-17,20H,7-13,21H2,1-6H3. The van der Waals surface area contributed by atoms with Gasteiger partial charge in [-0.2, -0.15) is 0 Å². The predicted molar refractivity (Wildman–Crippen MR) is 106 cm³/mol. The van der Waals surface area contributed by atoms with Crippen molar-refractivity contribution in [2.24, 2.45) is 11.7 Å². The van der Waals surface area contributed by atoms with Gasteiger partial charge in [-0.25, -0.2) is 0 Å². The zero-order valence-electron chi connectivity index (χ0n) is 17.9. The quantitative estimate of drug-likeness (QED) is 0.584. The fraction of sp³-hybridized carbons (Fsp3) is 0.900. The van der Waals surface area contributed by atoms with Crippen LogP contribution in [0.4, 0.5) is 0 Å². The lowest BCUT2D eigenvalue weighted by molar-refractivity contribution is -0.142. The number of rotatable bonds is 11. The van der Waals surface area contributed by atoms with Gasteiger partial charge in [0.15, 0.2) is 0 Å². The van der Waals surface area contributed by atoms with Crippen LogP contribution in [0, 0.1) is 5.92 Å². The Morgan fingerprint density at radius 3 is 2.41 bits per heavy atom. The van der Waals surface area contributed by atoms with Gasteiger partial charge < -0.3 is 25.0 Å². The third-order valence-corrected chi connectivity index (χ3v) is 5.69. The lowest BCUT2D eigenvalue weighted by atomic mass is 9.96. The summed E-state index contributed by atoms with van der Waals surface area (Å²) in [4.78, 5) is 28.8. The summed E-state index contributed by atoms with van der Waals surface area (Å²) in [5.74, 6) is 0.274. The molecule has 0 bridgehead atoms. The van der Waals surface area contributed by atoms with Crippen LogP contribution in [0.15, 0.2) is 0 Å². The zero-order chi connectivity index (χ0) is 20.6. The van der Waals surface area contributed by atoms with Crippen molar-refractivity contribution in [3.05, 3.63) is 0 Å². The molecule has 0 aromatic rings. The van der Waals surface area contributed by atoms with Crippen LogP contribution in [0.25, 0.3) is 0 Å². The Hall–Kier alpha value is -1.18. The van der Waals surface area contributed by atoms with Crippen molar-refractivity contribution in [1.29, 1.82) is 0 Å². The Kier molecular flexibility index (Phi) is 10.3. The summed E-state index contributed by atoms with van der Waals surface area (Å²) < 4.78 is 11.4. The maximum Gasteiger partial charge on any atom is 0.236 e. The molecule has 1 saturated heterocycles. The number of carbonyl (C=O) groups is 2. The lowest BCUT2D eigenvalue weighted by Gasteiger charge is -2.36. The van der Waals surface area contributed by atoms with E-state index >= 15 is 0 Å². The highest BCUT2D eigenvalue weighted by molar-refractivity contribution is 5.79. The van der Waals surface area contributed by atoms with Crippen molar-refractivity contribution in [2.45, 2.75) is 77.2 Å². The number of amides is 2. The number of nitrogens with zero attached hydrogens (tertiary/aromatic N) is 2. The summed E-state index contributed by atoms with van der Waals surface area (Å²) in [6.07, 6.45) is 3.56. The van der Waals surface area contributed by atoms with Crippen LogP contribution in [0.5, 0.6) is 0 Å². The second-order valence-electron chi connectivity index (χ2n) is 7.78. The van der Waals surface area contributed by atoms with E-state index in [-0.39, 0.29) is 49.1 Å². The van der Waals surface area contributed by atoms with Gasteiger partial charge in [-0.3, -0.25) is 9.59 Å². The summed E-state index contributed by atoms with van der Waals surface area (Å²) in [5, 5.41) is 0. The molecule has 1 fully saturated rings. The molecule has 4 atom stereocenters. The first-order valence-electron chi connectivity index (χ1n) is 10.1. The molecule has 0 saturated carbocycles. The minimum atomic E-state index is -0.348. The number of likely N-dealkylation sites (N-methyl/N-ethyl adjacent to an activating group) is 1. The third-order valence-electron chi connectivity index (χ3n) is 5.69. The SMILES string of the molecule is CCCC(C(CC(=O)N1CCCC1C(OC)C(C)C)OC)N(C)C(=O)CN.